The van der Waals surface area contributed by atoms with Crippen molar-refractivity contribution in [2.45, 2.75) is 129 Å². The number of hydrogen-bond acceptors (Lipinski definition) is 4. The summed E-state index contributed by atoms with van der Waals surface area (Å²) in [4.78, 5) is 0. The van der Waals surface area contributed by atoms with Gasteiger partial charge in [-0.3, -0.25) is 0 Å². The number of phenolic OH excluding ortho intramolecular Hbond substituents is 1. The summed E-state index contributed by atoms with van der Waals surface area (Å²) in [5.74, 6) is -2.16. The normalized spacial score (nSPS) is 11.8. The lowest BCUT2D eigenvalue weighted by Gasteiger charge is -2.11. The Morgan fingerprint density at radius 2 is 0.893 bits per heavy atom. The number of hydrogen-bond donors (Lipinski definition) is 1. The second-order valence-corrected chi connectivity index (χ2v) is 15.1. The van der Waals surface area contributed by atoms with E-state index < -0.39 is 29.0 Å². The van der Waals surface area contributed by atoms with Gasteiger partial charge in [-0.15, -0.1) is 0 Å². The van der Waals surface area contributed by atoms with Gasteiger partial charge in [0.25, 0.3) is 0 Å². The maximum atomic E-state index is 14.4. The molecular formula is C48H62F4O4. The van der Waals surface area contributed by atoms with E-state index in [0.29, 0.717) is 51.1 Å². The van der Waals surface area contributed by atoms with E-state index in [9.17, 15) is 22.7 Å². The van der Waals surface area contributed by atoms with E-state index in [-0.39, 0.29) is 11.3 Å². The first-order chi connectivity index (χ1) is 27.2. The van der Waals surface area contributed by atoms with Crippen molar-refractivity contribution in [3.8, 4) is 23.0 Å². The lowest BCUT2D eigenvalue weighted by Crippen LogP contribution is -2.02. The third-order valence-corrected chi connectivity index (χ3v) is 10.5. The Morgan fingerprint density at radius 3 is 1.38 bits per heavy atom. The number of ether oxygens (including phenoxy) is 3. The van der Waals surface area contributed by atoms with Gasteiger partial charge >= 0.3 is 0 Å². The Labute approximate surface area is 332 Å². The Bertz CT molecular complexity index is 1690. The lowest BCUT2D eigenvalue weighted by molar-refractivity contribution is 0.304. The van der Waals surface area contributed by atoms with E-state index in [0.717, 1.165) is 41.4 Å². The van der Waals surface area contributed by atoms with Crippen LogP contribution in [0.15, 0.2) is 72.8 Å². The summed E-state index contributed by atoms with van der Waals surface area (Å²) < 4.78 is 73.0. The van der Waals surface area contributed by atoms with Crippen molar-refractivity contribution < 1.29 is 36.9 Å². The molecule has 306 valence electrons. The van der Waals surface area contributed by atoms with Crippen LogP contribution in [-0.4, -0.2) is 24.9 Å². The monoisotopic (exact) mass is 778 g/mol. The zero-order valence-corrected chi connectivity index (χ0v) is 33.5. The van der Waals surface area contributed by atoms with Crippen LogP contribution in [0.5, 0.6) is 23.0 Å². The fourth-order valence-electron chi connectivity index (χ4n) is 7.00. The Balaban J connectivity index is 0.909. The molecule has 8 heteroatoms. The molecule has 0 aliphatic carbocycles. The zero-order valence-electron chi connectivity index (χ0n) is 33.5. The molecule has 0 aliphatic rings. The highest BCUT2D eigenvalue weighted by molar-refractivity contribution is 5.34. The molecule has 0 bridgehead atoms. The summed E-state index contributed by atoms with van der Waals surface area (Å²) in [5.41, 5.74) is 2.68. The minimum atomic E-state index is -1.19. The van der Waals surface area contributed by atoms with Crippen molar-refractivity contribution in [3.05, 3.63) is 118 Å². The fraction of sp³-hybridized carbons (Fsp3) is 0.500. The van der Waals surface area contributed by atoms with Gasteiger partial charge in [-0.1, -0.05) is 120 Å². The van der Waals surface area contributed by atoms with Crippen LogP contribution in [0.25, 0.3) is 0 Å². The number of benzene rings is 4. The molecule has 4 aromatic rings. The summed E-state index contributed by atoms with van der Waals surface area (Å²) in [7, 11) is 0. The third kappa shape index (κ3) is 15.7. The van der Waals surface area contributed by atoms with Crippen LogP contribution in [0.4, 0.5) is 17.6 Å². The van der Waals surface area contributed by atoms with Crippen LogP contribution in [0.1, 0.15) is 126 Å². The molecule has 0 heterocycles. The average molecular weight is 779 g/mol. The van der Waals surface area contributed by atoms with E-state index in [1.54, 1.807) is 13.0 Å². The smallest absolute Gasteiger partial charge is 0.200 e. The van der Waals surface area contributed by atoms with Crippen molar-refractivity contribution in [2.75, 3.05) is 19.8 Å². The fourth-order valence-corrected chi connectivity index (χ4v) is 7.00. The van der Waals surface area contributed by atoms with Crippen LogP contribution in [0, 0.1) is 29.2 Å². The van der Waals surface area contributed by atoms with Crippen LogP contribution in [-0.2, 0) is 25.7 Å². The lowest BCUT2D eigenvalue weighted by atomic mass is 9.96. The predicted molar refractivity (Wildman–Crippen MR) is 218 cm³/mol. The van der Waals surface area contributed by atoms with Gasteiger partial charge in [0.1, 0.15) is 11.5 Å². The molecule has 0 radical (unpaired) electrons. The first-order valence-electron chi connectivity index (χ1n) is 20.9. The van der Waals surface area contributed by atoms with Gasteiger partial charge in [0.05, 0.1) is 19.8 Å². The molecule has 0 saturated heterocycles. The van der Waals surface area contributed by atoms with Crippen molar-refractivity contribution in [3.63, 3.8) is 0 Å². The molecule has 1 unspecified atom stereocenters. The second-order valence-electron chi connectivity index (χ2n) is 15.1. The zero-order chi connectivity index (χ0) is 40.0. The molecule has 0 saturated carbocycles. The summed E-state index contributed by atoms with van der Waals surface area (Å²) in [6.07, 6.45) is 19.3. The minimum Gasteiger partial charge on any atom is -0.505 e. The molecule has 4 nitrogen and oxygen atoms in total. The van der Waals surface area contributed by atoms with Crippen molar-refractivity contribution >= 4 is 0 Å². The molecule has 0 amide bonds. The van der Waals surface area contributed by atoms with Crippen molar-refractivity contribution in [2.24, 2.45) is 5.92 Å². The molecule has 4 aromatic carbocycles. The average Bonchev–Trinajstić information content (AvgIpc) is 3.21. The summed E-state index contributed by atoms with van der Waals surface area (Å²) in [5, 5.41) is 9.28. The molecule has 1 atom stereocenters. The molecule has 56 heavy (non-hydrogen) atoms. The summed E-state index contributed by atoms with van der Waals surface area (Å²) in [6, 6.07) is 21.4. The van der Waals surface area contributed by atoms with E-state index >= 15 is 0 Å². The standard InChI is InChI=1S/C48H62F4O4/c1-3-54-44-33-27-40(46(50)48(44)52)25-19-38-22-30-42(31-23-38)56-35-15-11-7-5-9-13-17-36(2)16-12-8-4-6-10-14-34-55-41-28-20-37(21-29-41)18-24-39-26-32-43(53)47(51)45(39)49/h20-23,26-33,36,53H,3-19,24-25,34-35H2,1-2H3. The van der Waals surface area contributed by atoms with Gasteiger partial charge in [-0.05, 0) is 110 Å². The van der Waals surface area contributed by atoms with Crippen molar-refractivity contribution in [1.82, 2.24) is 0 Å². The van der Waals surface area contributed by atoms with Gasteiger partial charge in [-0.2, -0.15) is 8.78 Å². The van der Waals surface area contributed by atoms with Gasteiger partial charge in [-0.25, -0.2) is 8.78 Å². The van der Waals surface area contributed by atoms with E-state index in [1.807, 2.05) is 48.5 Å². The van der Waals surface area contributed by atoms with Crippen molar-refractivity contribution in [1.29, 1.82) is 0 Å². The minimum absolute atomic E-state index is 0.0431. The van der Waals surface area contributed by atoms with Crippen LogP contribution < -0.4 is 14.2 Å². The Morgan fingerprint density at radius 1 is 0.464 bits per heavy atom. The molecule has 0 fully saturated rings. The summed E-state index contributed by atoms with van der Waals surface area (Å²) in [6.45, 7) is 5.83. The number of aryl methyl sites for hydroxylation is 4. The van der Waals surface area contributed by atoms with E-state index in [4.69, 9.17) is 14.2 Å². The molecule has 0 spiro atoms. The van der Waals surface area contributed by atoms with Gasteiger partial charge in [0, 0.05) is 0 Å². The largest absolute Gasteiger partial charge is 0.505 e. The third-order valence-electron chi connectivity index (χ3n) is 10.5. The van der Waals surface area contributed by atoms with Gasteiger partial charge in [0.2, 0.25) is 11.6 Å². The Kier molecular flexibility index (Phi) is 20.0. The SMILES string of the molecule is CCOc1ccc(CCc2ccc(OCCCCCCCCC(C)CCCCCCCCOc3ccc(CCc4ccc(O)c(F)c4F)cc3)cc2)c(F)c1F. The van der Waals surface area contributed by atoms with E-state index in [2.05, 4.69) is 6.92 Å². The predicted octanol–water partition coefficient (Wildman–Crippen LogP) is 13.5. The molecule has 0 aromatic heterocycles. The maximum absolute atomic E-state index is 14.4. The number of phenols is 1. The highest BCUT2D eigenvalue weighted by Gasteiger charge is 2.15. The van der Waals surface area contributed by atoms with E-state index in [1.165, 1.54) is 95.2 Å². The molecule has 4 rings (SSSR count). The quantitative estimate of drug-likeness (QED) is 0.0461. The molecular weight excluding hydrogens is 717 g/mol. The highest BCUT2D eigenvalue weighted by Crippen LogP contribution is 2.26. The summed E-state index contributed by atoms with van der Waals surface area (Å²) >= 11 is 0. The van der Waals surface area contributed by atoms with Gasteiger partial charge in [0.15, 0.2) is 23.1 Å². The first kappa shape index (κ1) is 44.5. The van der Waals surface area contributed by atoms with Crippen LogP contribution in [0.2, 0.25) is 0 Å². The number of aromatic hydroxyl groups is 1. The Hall–Kier alpha value is -4.20. The number of rotatable bonds is 28. The number of unbranched alkanes of at least 4 members (excludes halogenated alkanes) is 10. The topological polar surface area (TPSA) is 47.9 Å². The maximum Gasteiger partial charge on any atom is 0.200 e. The van der Waals surface area contributed by atoms with Gasteiger partial charge < -0.3 is 19.3 Å². The first-order valence-corrected chi connectivity index (χ1v) is 20.9. The molecule has 0 aliphatic heterocycles. The molecule has 1 N–H and O–H groups in total. The van der Waals surface area contributed by atoms with Crippen LogP contribution in [0.3, 0.4) is 0 Å². The second kappa shape index (κ2) is 25.1. The van der Waals surface area contributed by atoms with Crippen LogP contribution >= 0.6 is 0 Å². The highest BCUT2D eigenvalue weighted by atomic mass is 19.2. The number of halogens is 4.